The fourth-order valence-corrected chi connectivity index (χ4v) is 2.55. The van der Waals surface area contributed by atoms with Crippen molar-refractivity contribution in [2.45, 2.75) is 13.3 Å². The molecule has 0 unspecified atom stereocenters. The quantitative estimate of drug-likeness (QED) is 0.856. The van der Waals surface area contributed by atoms with E-state index in [1.807, 2.05) is 36.1 Å². The number of aryl methyl sites for hydroxylation is 1. The van der Waals surface area contributed by atoms with Crippen molar-refractivity contribution in [1.82, 2.24) is 19.9 Å². The lowest BCUT2D eigenvalue weighted by atomic mass is 10.1. The Bertz CT molecular complexity index is 660. The van der Waals surface area contributed by atoms with E-state index >= 15 is 0 Å². The molecular weight excluding hydrogens is 280 g/mol. The van der Waals surface area contributed by atoms with Crippen LogP contribution in [0.1, 0.15) is 11.4 Å². The first-order chi connectivity index (χ1) is 10.6. The average molecular weight is 300 g/mol. The highest BCUT2D eigenvalue weighted by molar-refractivity contribution is 5.78. The molecule has 1 aromatic heterocycles. The van der Waals surface area contributed by atoms with Crippen molar-refractivity contribution in [2.24, 2.45) is 0 Å². The molecule has 1 aliphatic rings. The van der Waals surface area contributed by atoms with Crippen LogP contribution in [-0.2, 0) is 11.2 Å². The summed E-state index contributed by atoms with van der Waals surface area (Å²) in [6, 6.07) is 7.83. The summed E-state index contributed by atoms with van der Waals surface area (Å²) in [6.45, 7) is 5.34. The Morgan fingerprint density at radius 1 is 1.23 bits per heavy atom. The van der Waals surface area contributed by atoms with E-state index in [1.54, 1.807) is 0 Å². The molecule has 0 spiro atoms. The smallest absolute Gasteiger partial charge is 0.258 e. The van der Waals surface area contributed by atoms with Gasteiger partial charge in [0.25, 0.3) is 5.89 Å². The summed E-state index contributed by atoms with van der Waals surface area (Å²) >= 11 is 0. The number of likely N-dealkylation sites (N-methyl/N-ethyl adjacent to an activating group) is 1. The molecule has 1 amide bonds. The third-order valence-corrected chi connectivity index (χ3v) is 4.01. The van der Waals surface area contributed by atoms with Crippen LogP contribution in [0.25, 0.3) is 11.5 Å². The third kappa shape index (κ3) is 3.17. The largest absolute Gasteiger partial charge is 0.340 e. The second kappa shape index (κ2) is 6.27. The minimum atomic E-state index is 0.0604. The van der Waals surface area contributed by atoms with Crippen LogP contribution in [0.4, 0.5) is 0 Å². The van der Waals surface area contributed by atoms with E-state index in [1.165, 1.54) is 0 Å². The predicted molar refractivity (Wildman–Crippen MR) is 82.3 cm³/mol. The summed E-state index contributed by atoms with van der Waals surface area (Å²) in [6.07, 6.45) is 0.194. The van der Waals surface area contributed by atoms with Gasteiger partial charge >= 0.3 is 0 Å². The molecule has 1 saturated heterocycles. The van der Waals surface area contributed by atoms with Gasteiger partial charge in [-0.3, -0.25) is 4.79 Å². The molecule has 3 rings (SSSR count). The van der Waals surface area contributed by atoms with Gasteiger partial charge in [0.15, 0.2) is 5.82 Å². The van der Waals surface area contributed by atoms with Gasteiger partial charge in [-0.05, 0) is 25.6 Å². The molecular formula is C16H20N4O2. The Morgan fingerprint density at radius 2 is 1.95 bits per heavy atom. The maximum absolute atomic E-state index is 12.3. The molecule has 1 aliphatic heterocycles. The fraction of sp³-hybridized carbons (Fsp3) is 0.438. The Morgan fingerprint density at radius 3 is 2.68 bits per heavy atom. The van der Waals surface area contributed by atoms with Crippen molar-refractivity contribution < 1.29 is 9.32 Å². The molecule has 2 aromatic rings. The Hall–Kier alpha value is -2.21. The zero-order valence-corrected chi connectivity index (χ0v) is 13.0. The lowest BCUT2D eigenvalue weighted by molar-refractivity contribution is -0.132. The molecule has 0 saturated carbocycles. The highest BCUT2D eigenvalue weighted by atomic mass is 16.5. The number of benzene rings is 1. The minimum absolute atomic E-state index is 0.0604. The highest BCUT2D eigenvalue weighted by Gasteiger charge is 2.21. The molecule has 116 valence electrons. The zero-order chi connectivity index (χ0) is 15.5. The molecule has 0 bridgehead atoms. The van der Waals surface area contributed by atoms with E-state index in [9.17, 15) is 4.79 Å². The monoisotopic (exact) mass is 300 g/mol. The maximum atomic E-state index is 12.3. The number of nitrogens with zero attached hydrogens (tertiary/aromatic N) is 4. The van der Waals surface area contributed by atoms with E-state index in [4.69, 9.17) is 4.52 Å². The zero-order valence-electron chi connectivity index (χ0n) is 13.0. The van der Waals surface area contributed by atoms with Crippen molar-refractivity contribution >= 4 is 5.91 Å². The van der Waals surface area contributed by atoms with E-state index in [-0.39, 0.29) is 12.3 Å². The van der Waals surface area contributed by atoms with Gasteiger partial charge in [0, 0.05) is 31.7 Å². The van der Waals surface area contributed by atoms with E-state index in [0.717, 1.165) is 37.3 Å². The molecule has 0 aliphatic carbocycles. The lowest BCUT2D eigenvalue weighted by Gasteiger charge is -2.32. The molecule has 6 heteroatoms. The van der Waals surface area contributed by atoms with Crippen molar-refractivity contribution in [1.29, 1.82) is 0 Å². The number of hydrogen-bond donors (Lipinski definition) is 0. The first-order valence-electron chi connectivity index (χ1n) is 7.48. The second-order valence-corrected chi connectivity index (χ2v) is 5.69. The van der Waals surface area contributed by atoms with E-state index < -0.39 is 0 Å². The number of amides is 1. The molecule has 0 radical (unpaired) electrons. The number of carbonyl (C=O) groups is 1. The van der Waals surface area contributed by atoms with Crippen LogP contribution < -0.4 is 0 Å². The molecule has 1 aromatic carbocycles. The predicted octanol–water partition coefficient (Wildman–Crippen LogP) is 1.36. The average Bonchev–Trinajstić information content (AvgIpc) is 2.96. The summed E-state index contributed by atoms with van der Waals surface area (Å²) in [4.78, 5) is 20.7. The van der Waals surface area contributed by atoms with Crippen LogP contribution >= 0.6 is 0 Å². The third-order valence-electron chi connectivity index (χ3n) is 4.01. The van der Waals surface area contributed by atoms with Gasteiger partial charge < -0.3 is 14.3 Å². The van der Waals surface area contributed by atoms with Crippen LogP contribution in [0.15, 0.2) is 28.8 Å². The van der Waals surface area contributed by atoms with Gasteiger partial charge in [0.05, 0.1) is 6.42 Å². The van der Waals surface area contributed by atoms with Crippen LogP contribution in [-0.4, -0.2) is 59.1 Å². The van der Waals surface area contributed by atoms with Gasteiger partial charge in [-0.25, -0.2) is 0 Å². The normalized spacial score (nSPS) is 16.0. The second-order valence-electron chi connectivity index (χ2n) is 5.69. The molecule has 22 heavy (non-hydrogen) atoms. The van der Waals surface area contributed by atoms with Crippen molar-refractivity contribution in [3.05, 3.63) is 35.7 Å². The fourth-order valence-electron chi connectivity index (χ4n) is 2.55. The number of hydrogen-bond acceptors (Lipinski definition) is 5. The van der Waals surface area contributed by atoms with Gasteiger partial charge in [0.2, 0.25) is 5.91 Å². The van der Waals surface area contributed by atoms with Crippen LogP contribution in [0.3, 0.4) is 0 Å². The number of carbonyl (C=O) groups excluding carboxylic acids is 1. The molecule has 0 N–H and O–H groups in total. The van der Waals surface area contributed by atoms with Gasteiger partial charge in [0.1, 0.15) is 0 Å². The first kappa shape index (κ1) is 14.7. The number of aromatic nitrogens is 2. The Balaban J connectivity index is 1.67. The van der Waals surface area contributed by atoms with Gasteiger partial charge in [-0.2, -0.15) is 4.98 Å². The van der Waals surface area contributed by atoms with Crippen LogP contribution in [0.5, 0.6) is 0 Å². The van der Waals surface area contributed by atoms with Crippen molar-refractivity contribution in [2.75, 3.05) is 33.2 Å². The number of piperazine rings is 1. The summed E-state index contributed by atoms with van der Waals surface area (Å²) in [5.74, 6) is 0.978. The van der Waals surface area contributed by atoms with E-state index in [2.05, 4.69) is 22.1 Å². The minimum Gasteiger partial charge on any atom is -0.340 e. The van der Waals surface area contributed by atoms with Crippen molar-refractivity contribution in [3.63, 3.8) is 0 Å². The summed E-state index contributed by atoms with van der Waals surface area (Å²) in [5.41, 5.74) is 1.98. The summed E-state index contributed by atoms with van der Waals surface area (Å²) < 4.78 is 5.30. The number of rotatable bonds is 3. The first-order valence-corrected chi connectivity index (χ1v) is 7.48. The van der Waals surface area contributed by atoms with Crippen LogP contribution in [0.2, 0.25) is 0 Å². The standard InChI is InChI=1S/C16H20N4O2/c1-12-5-3-4-6-13(12)16-17-14(18-22-16)11-15(21)20-9-7-19(2)8-10-20/h3-6H,7-11H2,1-2H3. The van der Waals surface area contributed by atoms with Crippen LogP contribution in [0, 0.1) is 6.92 Å². The molecule has 2 heterocycles. The van der Waals surface area contributed by atoms with Gasteiger partial charge in [-0.1, -0.05) is 23.4 Å². The van der Waals surface area contributed by atoms with Crippen molar-refractivity contribution in [3.8, 4) is 11.5 Å². The SMILES string of the molecule is Cc1ccccc1-c1nc(CC(=O)N2CCN(C)CC2)no1. The summed E-state index contributed by atoms with van der Waals surface area (Å²) in [7, 11) is 2.06. The molecule has 6 nitrogen and oxygen atoms in total. The molecule has 0 atom stereocenters. The Labute approximate surface area is 129 Å². The Kier molecular flexibility index (Phi) is 4.20. The van der Waals surface area contributed by atoms with E-state index in [0.29, 0.717) is 11.7 Å². The van der Waals surface area contributed by atoms with Gasteiger partial charge in [-0.15, -0.1) is 0 Å². The lowest BCUT2D eigenvalue weighted by Crippen LogP contribution is -2.47. The highest BCUT2D eigenvalue weighted by Crippen LogP contribution is 2.21. The molecule has 1 fully saturated rings. The topological polar surface area (TPSA) is 62.5 Å². The summed E-state index contributed by atoms with van der Waals surface area (Å²) in [5, 5.41) is 3.94. The maximum Gasteiger partial charge on any atom is 0.258 e.